The fourth-order valence-corrected chi connectivity index (χ4v) is 6.54. The third-order valence-electron chi connectivity index (χ3n) is 7.12. The molecule has 1 fully saturated rings. The largest absolute Gasteiger partial charge is 0.483 e. The van der Waals surface area contributed by atoms with Crippen molar-refractivity contribution < 1.29 is 27.5 Å². The molecule has 40 heavy (non-hydrogen) atoms. The summed E-state index contributed by atoms with van der Waals surface area (Å²) in [6.45, 7) is 3.02. The topological polar surface area (TPSA) is 105 Å². The van der Waals surface area contributed by atoms with Crippen molar-refractivity contribution in [3.8, 4) is 11.5 Å². The summed E-state index contributed by atoms with van der Waals surface area (Å²) in [6.07, 6.45) is 1.54. The molecule has 2 amide bonds. The molecule has 1 atom stereocenters. The van der Waals surface area contributed by atoms with Gasteiger partial charge in [0.1, 0.15) is 11.5 Å². The zero-order valence-electron chi connectivity index (χ0n) is 22.4. The van der Waals surface area contributed by atoms with Crippen LogP contribution >= 0.6 is 0 Å². The molecular weight excluding hydrogens is 530 g/mol. The summed E-state index contributed by atoms with van der Waals surface area (Å²) in [6, 6.07) is 21.6. The number of aryl methyl sites for hydroxylation is 1. The summed E-state index contributed by atoms with van der Waals surface area (Å²) in [7, 11) is -3.55. The van der Waals surface area contributed by atoms with Crippen molar-refractivity contribution in [3.05, 3.63) is 83.9 Å². The minimum absolute atomic E-state index is 0.0440. The van der Waals surface area contributed by atoms with E-state index in [1.165, 1.54) is 15.3 Å². The van der Waals surface area contributed by atoms with Gasteiger partial charge >= 0.3 is 0 Å². The predicted molar refractivity (Wildman–Crippen MR) is 151 cm³/mol. The lowest BCUT2D eigenvalue weighted by molar-refractivity contribution is -0.128. The fraction of sp³-hybridized carbons (Fsp3) is 0.333. The maximum Gasteiger partial charge on any atom is 0.265 e. The molecule has 10 heteroatoms. The molecule has 1 saturated heterocycles. The Morgan fingerprint density at radius 2 is 1.73 bits per heavy atom. The monoisotopic (exact) mass is 563 g/mol. The number of rotatable bonds is 9. The van der Waals surface area contributed by atoms with Gasteiger partial charge in [-0.25, -0.2) is 8.42 Å². The molecule has 0 saturated carbocycles. The van der Waals surface area contributed by atoms with E-state index in [2.05, 4.69) is 5.32 Å². The molecule has 0 aromatic heterocycles. The smallest absolute Gasteiger partial charge is 0.265 e. The molecule has 5 rings (SSSR count). The van der Waals surface area contributed by atoms with Gasteiger partial charge in [0, 0.05) is 19.6 Å². The third-order valence-corrected chi connectivity index (χ3v) is 9.02. The number of anilines is 1. The van der Waals surface area contributed by atoms with Crippen LogP contribution < -0.4 is 19.7 Å². The highest BCUT2D eigenvalue weighted by Crippen LogP contribution is 2.33. The highest BCUT2D eigenvalue weighted by atomic mass is 32.2. The van der Waals surface area contributed by atoms with Gasteiger partial charge in [0.15, 0.2) is 12.7 Å². The molecule has 0 spiro atoms. The second-order valence-corrected chi connectivity index (χ2v) is 11.9. The summed E-state index contributed by atoms with van der Waals surface area (Å²) in [5, 5.41) is 2.91. The first-order valence-electron chi connectivity index (χ1n) is 13.4. The first kappa shape index (κ1) is 27.7. The Hall–Kier alpha value is -3.89. The number of ether oxygens (including phenoxy) is 2. The molecule has 2 aliphatic heterocycles. The molecule has 9 nitrogen and oxygen atoms in total. The lowest BCUT2D eigenvalue weighted by Gasteiger charge is -2.34. The van der Waals surface area contributed by atoms with Gasteiger partial charge in [-0.1, -0.05) is 42.5 Å². The van der Waals surface area contributed by atoms with Crippen molar-refractivity contribution in [1.29, 1.82) is 0 Å². The average Bonchev–Trinajstić information content (AvgIpc) is 3.52. The van der Waals surface area contributed by atoms with E-state index in [1.807, 2.05) is 30.3 Å². The number of carbonyl (C=O) groups excluding carboxylic acids is 2. The number of para-hydroxylation sites is 2. The van der Waals surface area contributed by atoms with Crippen LogP contribution in [-0.4, -0.2) is 63.4 Å². The van der Waals surface area contributed by atoms with Gasteiger partial charge in [0.25, 0.3) is 11.8 Å². The Balaban J connectivity index is 1.23. The fourth-order valence-electron chi connectivity index (χ4n) is 4.93. The van der Waals surface area contributed by atoms with E-state index in [0.717, 1.165) is 18.4 Å². The van der Waals surface area contributed by atoms with Crippen LogP contribution in [0.1, 0.15) is 24.0 Å². The molecule has 0 aliphatic carbocycles. The van der Waals surface area contributed by atoms with Crippen LogP contribution in [0, 0.1) is 6.92 Å². The van der Waals surface area contributed by atoms with Crippen molar-refractivity contribution in [2.75, 3.05) is 37.7 Å². The van der Waals surface area contributed by atoms with E-state index in [9.17, 15) is 18.0 Å². The molecule has 0 radical (unpaired) electrons. The third kappa shape index (κ3) is 6.13. The second-order valence-electron chi connectivity index (χ2n) is 9.93. The highest BCUT2D eigenvalue weighted by Gasteiger charge is 2.34. The van der Waals surface area contributed by atoms with E-state index in [1.54, 1.807) is 43.3 Å². The van der Waals surface area contributed by atoms with Crippen LogP contribution in [0.25, 0.3) is 0 Å². The van der Waals surface area contributed by atoms with E-state index in [-0.39, 0.29) is 29.9 Å². The van der Waals surface area contributed by atoms with Gasteiger partial charge in [0.05, 0.1) is 17.1 Å². The maximum absolute atomic E-state index is 13.3. The summed E-state index contributed by atoms with van der Waals surface area (Å²) in [5.74, 6) is 0.226. The normalized spacial score (nSPS) is 17.1. The quantitative estimate of drug-likeness (QED) is 0.428. The molecule has 2 aliphatic rings. The SMILES string of the molecule is Cc1cc(S(=O)(=O)N2CCCC2)ccc1OCC(=O)N1C[C@@H](C(=O)NCCc2ccccc2)Oc2ccccc21. The van der Waals surface area contributed by atoms with Crippen LogP contribution in [0.5, 0.6) is 11.5 Å². The molecule has 1 N–H and O–H groups in total. The molecule has 0 unspecified atom stereocenters. The summed E-state index contributed by atoms with van der Waals surface area (Å²) in [4.78, 5) is 28.0. The zero-order valence-corrected chi connectivity index (χ0v) is 23.2. The number of benzene rings is 3. The van der Waals surface area contributed by atoms with Crippen molar-refractivity contribution in [2.45, 2.75) is 37.2 Å². The van der Waals surface area contributed by atoms with Gasteiger partial charge < -0.3 is 19.7 Å². The number of sulfonamides is 1. The number of hydrogen-bond donors (Lipinski definition) is 1. The van der Waals surface area contributed by atoms with Gasteiger partial charge in [0.2, 0.25) is 10.0 Å². The van der Waals surface area contributed by atoms with E-state index < -0.39 is 16.1 Å². The molecular formula is C30H33N3O6S. The number of amides is 2. The molecule has 3 aromatic rings. The number of carbonyl (C=O) groups is 2. The van der Waals surface area contributed by atoms with Crippen LogP contribution in [0.3, 0.4) is 0 Å². The molecule has 0 bridgehead atoms. The Morgan fingerprint density at radius 1 is 1.00 bits per heavy atom. The standard InChI is InChI=1S/C30H33N3O6S/c1-22-19-24(40(36,37)32-17-7-8-18-32)13-14-26(22)38-21-29(34)33-20-28(39-27-12-6-5-11-25(27)33)30(35)31-16-15-23-9-3-2-4-10-23/h2-6,9-14,19,28H,7-8,15-18,20-21H2,1H3,(H,31,35)/t28-/m0/s1. The molecule has 210 valence electrons. The number of fused-ring (bicyclic) bond motifs is 1. The van der Waals surface area contributed by atoms with Gasteiger partial charge in [-0.3, -0.25) is 9.59 Å². The lowest BCUT2D eigenvalue weighted by Crippen LogP contribution is -2.52. The van der Waals surface area contributed by atoms with E-state index in [4.69, 9.17) is 9.47 Å². The maximum atomic E-state index is 13.3. The lowest BCUT2D eigenvalue weighted by atomic mass is 10.1. The first-order chi connectivity index (χ1) is 19.3. The number of nitrogens with zero attached hydrogens (tertiary/aromatic N) is 2. The van der Waals surface area contributed by atoms with Crippen molar-refractivity contribution >= 4 is 27.5 Å². The van der Waals surface area contributed by atoms with Crippen molar-refractivity contribution in [3.63, 3.8) is 0 Å². The van der Waals surface area contributed by atoms with Gasteiger partial charge in [-0.05, 0) is 67.6 Å². The van der Waals surface area contributed by atoms with Crippen molar-refractivity contribution in [2.24, 2.45) is 0 Å². The second kappa shape index (κ2) is 12.1. The van der Waals surface area contributed by atoms with Crippen LogP contribution in [-0.2, 0) is 26.0 Å². The predicted octanol–water partition coefficient (Wildman–Crippen LogP) is 3.31. The van der Waals surface area contributed by atoms with Crippen LogP contribution in [0.2, 0.25) is 0 Å². The Bertz CT molecular complexity index is 1470. The number of nitrogens with one attached hydrogen (secondary N) is 1. The van der Waals surface area contributed by atoms with Crippen LogP contribution in [0.15, 0.2) is 77.7 Å². The summed E-state index contributed by atoms with van der Waals surface area (Å²) >= 11 is 0. The van der Waals surface area contributed by atoms with E-state index >= 15 is 0 Å². The molecule has 2 heterocycles. The Morgan fingerprint density at radius 3 is 2.48 bits per heavy atom. The summed E-state index contributed by atoms with van der Waals surface area (Å²) in [5.41, 5.74) is 2.29. The van der Waals surface area contributed by atoms with Gasteiger partial charge in [-0.15, -0.1) is 0 Å². The van der Waals surface area contributed by atoms with Crippen molar-refractivity contribution in [1.82, 2.24) is 9.62 Å². The van der Waals surface area contributed by atoms with Gasteiger partial charge in [-0.2, -0.15) is 4.31 Å². The minimum Gasteiger partial charge on any atom is -0.483 e. The summed E-state index contributed by atoms with van der Waals surface area (Å²) < 4.78 is 39.0. The molecule has 3 aromatic carbocycles. The number of hydrogen-bond acceptors (Lipinski definition) is 6. The average molecular weight is 564 g/mol. The van der Waals surface area contributed by atoms with Crippen LogP contribution in [0.4, 0.5) is 5.69 Å². The minimum atomic E-state index is -3.55. The Labute approximate surface area is 234 Å². The first-order valence-corrected chi connectivity index (χ1v) is 14.9. The van der Waals surface area contributed by atoms with E-state index in [0.29, 0.717) is 48.8 Å². The highest BCUT2D eigenvalue weighted by molar-refractivity contribution is 7.89. The Kier molecular flexibility index (Phi) is 8.37. The zero-order chi connectivity index (χ0) is 28.1.